The van der Waals surface area contributed by atoms with Gasteiger partial charge in [0.25, 0.3) is 0 Å². The van der Waals surface area contributed by atoms with Gasteiger partial charge in [-0.1, -0.05) is 12.1 Å². The highest BCUT2D eigenvalue weighted by Gasteiger charge is 2.13. The summed E-state index contributed by atoms with van der Waals surface area (Å²) in [6.07, 6.45) is 0.638. The van der Waals surface area contributed by atoms with Crippen molar-refractivity contribution in [2.75, 3.05) is 5.73 Å². The molecule has 5 heteroatoms. The van der Waals surface area contributed by atoms with Crippen LogP contribution >= 0.6 is 11.3 Å². The summed E-state index contributed by atoms with van der Waals surface area (Å²) in [7, 11) is 0. The molecule has 2 aromatic rings. The Balaban J connectivity index is 2.22. The third-order valence-corrected chi connectivity index (χ3v) is 3.35. The second-order valence-electron chi connectivity index (χ2n) is 3.74. The van der Waals surface area contributed by atoms with Gasteiger partial charge in [-0.15, -0.1) is 11.3 Å². The molecule has 4 nitrogen and oxygen atoms in total. The minimum atomic E-state index is -0.970. The van der Waals surface area contributed by atoms with E-state index >= 15 is 0 Å². The molecular weight excluding hydrogens is 236 g/mol. The summed E-state index contributed by atoms with van der Waals surface area (Å²) >= 11 is 1.42. The van der Waals surface area contributed by atoms with Gasteiger partial charge >= 0.3 is 5.97 Å². The van der Waals surface area contributed by atoms with E-state index in [4.69, 9.17) is 10.8 Å². The fourth-order valence-corrected chi connectivity index (χ4v) is 2.49. The Morgan fingerprint density at radius 1 is 1.41 bits per heavy atom. The molecule has 0 aliphatic carbocycles. The Kier molecular flexibility index (Phi) is 3.10. The predicted molar refractivity (Wildman–Crippen MR) is 67.5 cm³/mol. The molecule has 17 heavy (non-hydrogen) atoms. The van der Waals surface area contributed by atoms with Crippen LogP contribution in [0.15, 0.2) is 24.3 Å². The average molecular weight is 248 g/mol. The van der Waals surface area contributed by atoms with Gasteiger partial charge in [0.15, 0.2) is 5.69 Å². The van der Waals surface area contributed by atoms with Gasteiger partial charge in [0.2, 0.25) is 0 Å². The van der Waals surface area contributed by atoms with Crippen LogP contribution in [0.5, 0.6) is 0 Å². The number of nitrogen functional groups attached to an aromatic ring is 1. The molecule has 0 bridgehead atoms. The lowest BCUT2D eigenvalue weighted by molar-refractivity contribution is 0.0690. The first-order chi connectivity index (χ1) is 8.06. The van der Waals surface area contributed by atoms with E-state index in [-0.39, 0.29) is 5.69 Å². The molecule has 0 spiro atoms. The number of aromatic carboxylic acids is 1. The second-order valence-corrected chi connectivity index (χ2v) is 5.02. The number of rotatable bonds is 3. The highest BCUT2D eigenvalue weighted by molar-refractivity contribution is 7.11. The van der Waals surface area contributed by atoms with Crippen LogP contribution < -0.4 is 5.73 Å². The van der Waals surface area contributed by atoms with Gasteiger partial charge in [-0.3, -0.25) is 0 Å². The standard InChI is InChI=1S/C12H12N2O2S/c1-7-11(12(15)16)14-10(17-7)6-8-2-4-9(13)5-3-8/h2-5H,6,13H2,1H3,(H,15,16). The van der Waals surface area contributed by atoms with E-state index in [0.717, 1.165) is 21.1 Å². The molecule has 3 N–H and O–H groups in total. The lowest BCUT2D eigenvalue weighted by Crippen LogP contribution is -1.99. The zero-order valence-electron chi connectivity index (χ0n) is 9.30. The first-order valence-corrected chi connectivity index (χ1v) is 5.92. The molecular formula is C12H12N2O2S. The molecule has 0 saturated heterocycles. The lowest BCUT2D eigenvalue weighted by atomic mass is 10.1. The van der Waals surface area contributed by atoms with E-state index in [9.17, 15) is 4.79 Å². The third kappa shape index (κ3) is 2.62. The Morgan fingerprint density at radius 2 is 2.06 bits per heavy atom. The van der Waals surface area contributed by atoms with Crippen LogP contribution in [0.2, 0.25) is 0 Å². The molecule has 0 saturated carbocycles. The fraction of sp³-hybridized carbons (Fsp3) is 0.167. The van der Waals surface area contributed by atoms with Crippen molar-refractivity contribution in [2.45, 2.75) is 13.3 Å². The monoisotopic (exact) mass is 248 g/mol. The molecule has 1 heterocycles. The lowest BCUT2D eigenvalue weighted by Gasteiger charge is -1.98. The number of nitrogens with zero attached hydrogens (tertiary/aromatic N) is 1. The van der Waals surface area contributed by atoms with Gasteiger partial charge < -0.3 is 10.8 Å². The summed E-state index contributed by atoms with van der Waals surface area (Å²) in [5.74, 6) is -0.970. The van der Waals surface area contributed by atoms with Crippen LogP contribution in [-0.2, 0) is 6.42 Å². The Bertz CT molecular complexity index is 546. The van der Waals surface area contributed by atoms with E-state index in [2.05, 4.69) is 4.98 Å². The van der Waals surface area contributed by atoms with E-state index in [0.29, 0.717) is 6.42 Å². The number of nitrogens with two attached hydrogens (primary N) is 1. The number of aromatic nitrogens is 1. The number of carbonyl (C=O) groups is 1. The van der Waals surface area contributed by atoms with Crippen molar-refractivity contribution in [1.82, 2.24) is 4.98 Å². The van der Waals surface area contributed by atoms with Crippen molar-refractivity contribution >= 4 is 23.0 Å². The van der Waals surface area contributed by atoms with Crippen LogP contribution in [-0.4, -0.2) is 16.1 Å². The number of hydrogen-bond donors (Lipinski definition) is 2. The molecule has 0 aliphatic heterocycles. The number of carboxylic acids is 1. The predicted octanol–water partition coefficient (Wildman–Crippen LogP) is 2.32. The molecule has 0 fully saturated rings. The summed E-state index contributed by atoms with van der Waals surface area (Å²) in [4.78, 5) is 15.7. The number of hydrogen-bond acceptors (Lipinski definition) is 4. The van der Waals surface area contributed by atoms with Gasteiger partial charge in [0, 0.05) is 17.0 Å². The minimum Gasteiger partial charge on any atom is -0.476 e. The maximum Gasteiger partial charge on any atom is 0.355 e. The van der Waals surface area contributed by atoms with Crippen molar-refractivity contribution in [2.24, 2.45) is 0 Å². The van der Waals surface area contributed by atoms with Gasteiger partial charge in [-0.05, 0) is 24.6 Å². The van der Waals surface area contributed by atoms with Gasteiger partial charge in [-0.25, -0.2) is 9.78 Å². The van der Waals surface area contributed by atoms with Crippen molar-refractivity contribution < 1.29 is 9.90 Å². The second kappa shape index (κ2) is 4.55. The van der Waals surface area contributed by atoms with E-state index < -0.39 is 5.97 Å². The zero-order chi connectivity index (χ0) is 12.4. The summed E-state index contributed by atoms with van der Waals surface area (Å²) < 4.78 is 0. The SMILES string of the molecule is Cc1sc(Cc2ccc(N)cc2)nc1C(=O)O. The Labute approximate surface area is 103 Å². The normalized spacial score (nSPS) is 10.4. The first kappa shape index (κ1) is 11.6. The first-order valence-electron chi connectivity index (χ1n) is 5.10. The van der Waals surface area contributed by atoms with Gasteiger partial charge in [-0.2, -0.15) is 0 Å². The smallest absolute Gasteiger partial charge is 0.355 e. The maximum atomic E-state index is 10.9. The van der Waals surface area contributed by atoms with E-state index in [1.54, 1.807) is 6.92 Å². The molecule has 88 valence electrons. The van der Waals surface area contributed by atoms with Crippen LogP contribution in [0.3, 0.4) is 0 Å². The van der Waals surface area contributed by atoms with E-state index in [1.807, 2.05) is 24.3 Å². The number of aryl methyl sites for hydroxylation is 1. The molecule has 1 aromatic carbocycles. The third-order valence-electron chi connectivity index (χ3n) is 2.38. The van der Waals surface area contributed by atoms with Crippen molar-refractivity contribution in [3.05, 3.63) is 45.4 Å². The molecule has 0 atom stereocenters. The Morgan fingerprint density at radius 3 is 2.59 bits per heavy atom. The molecule has 0 amide bonds. The quantitative estimate of drug-likeness (QED) is 0.817. The molecule has 0 radical (unpaired) electrons. The van der Waals surface area contributed by atoms with Gasteiger partial charge in [0.05, 0.1) is 5.01 Å². The number of carboxylic acid groups (broad SMARTS) is 1. The van der Waals surface area contributed by atoms with Crippen LogP contribution in [0, 0.1) is 6.92 Å². The number of anilines is 1. The zero-order valence-corrected chi connectivity index (χ0v) is 10.1. The summed E-state index contributed by atoms with van der Waals surface area (Å²) in [6, 6.07) is 7.50. The average Bonchev–Trinajstić information content (AvgIpc) is 2.63. The highest BCUT2D eigenvalue weighted by Crippen LogP contribution is 2.20. The molecule has 0 unspecified atom stereocenters. The van der Waals surface area contributed by atoms with Crippen molar-refractivity contribution in [3.8, 4) is 0 Å². The van der Waals surface area contributed by atoms with Gasteiger partial charge in [0.1, 0.15) is 0 Å². The molecule has 0 aliphatic rings. The minimum absolute atomic E-state index is 0.153. The number of benzene rings is 1. The fourth-order valence-electron chi connectivity index (χ4n) is 1.54. The van der Waals surface area contributed by atoms with Crippen LogP contribution in [0.4, 0.5) is 5.69 Å². The number of thiazole rings is 1. The summed E-state index contributed by atoms with van der Waals surface area (Å²) in [6.45, 7) is 1.77. The highest BCUT2D eigenvalue weighted by atomic mass is 32.1. The molecule has 2 rings (SSSR count). The van der Waals surface area contributed by atoms with Crippen LogP contribution in [0.1, 0.15) is 25.9 Å². The maximum absolute atomic E-state index is 10.9. The topological polar surface area (TPSA) is 76.2 Å². The van der Waals surface area contributed by atoms with E-state index in [1.165, 1.54) is 11.3 Å². The molecule has 1 aromatic heterocycles. The largest absolute Gasteiger partial charge is 0.476 e. The van der Waals surface area contributed by atoms with Crippen molar-refractivity contribution in [3.63, 3.8) is 0 Å². The van der Waals surface area contributed by atoms with Crippen molar-refractivity contribution in [1.29, 1.82) is 0 Å². The van der Waals surface area contributed by atoms with Crippen LogP contribution in [0.25, 0.3) is 0 Å². The summed E-state index contributed by atoms with van der Waals surface area (Å²) in [5.41, 5.74) is 7.54. The summed E-state index contributed by atoms with van der Waals surface area (Å²) in [5, 5.41) is 9.72. The Hall–Kier alpha value is -1.88.